The summed E-state index contributed by atoms with van der Waals surface area (Å²) < 4.78 is 0. The summed E-state index contributed by atoms with van der Waals surface area (Å²) in [7, 11) is 0. The number of nitro benzene ring substituents is 2. The Morgan fingerprint density at radius 1 is 1.11 bits per heavy atom. The topological polar surface area (TPSA) is 86.3 Å². The van der Waals surface area contributed by atoms with E-state index in [-0.39, 0.29) is 16.8 Å². The highest BCUT2D eigenvalue weighted by Crippen LogP contribution is 2.37. The second kappa shape index (κ2) is 4.79. The van der Waals surface area contributed by atoms with Crippen molar-refractivity contribution in [3.8, 4) is 0 Å². The number of hydrogen-bond acceptors (Lipinski definition) is 4. The minimum atomic E-state index is -0.591. The molecule has 100 valence electrons. The normalized spacial score (nSPS) is 22.2. The monoisotopic (exact) mass is 262 g/mol. The molecule has 19 heavy (non-hydrogen) atoms. The summed E-state index contributed by atoms with van der Waals surface area (Å²) in [6.45, 7) is 1.95. The second-order valence-corrected chi connectivity index (χ2v) is 4.96. The fraction of sp³-hybridized carbons (Fsp3) is 0.385. The van der Waals surface area contributed by atoms with Crippen molar-refractivity contribution in [3.63, 3.8) is 0 Å². The van der Waals surface area contributed by atoms with E-state index in [0.29, 0.717) is 5.56 Å². The standard InChI is InChI=1S/C13H14N2O4/c1-13(5-3-2-4-6-13)10-7-11(14(16)17)9-12(8-10)15(18)19/h3,5,7-9H,2,4,6H2,1H3/t13-/m0/s1. The van der Waals surface area contributed by atoms with Gasteiger partial charge in [-0.1, -0.05) is 19.1 Å². The van der Waals surface area contributed by atoms with Gasteiger partial charge in [0, 0.05) is 17.5 Å². The first-order chi connectivity index (χ1) is 8.92. The summed E-state index contributed by atoms with van der Waals surface area (Å²) in [6.07, 6.45) is 6.80. The molecule has 0 bridgehead atoms. The smallest absolute Gasteiger partial charge is 0.258 e. The SMILES string of the molecule is C[C@]1(c2cc([N+](=O)[O-])cc([N+](=O)[O-])c2)C=CCCC1. The Morgan fingerprint density at radius 2 is 1.68 bits per heavy atom. The molecule has 0 N–H and O–H groups in total. The molecule has 0 aliphatic heterocycles. The third-order valence-corrected chi connectivity index (χ3v) is 3.54. The molecule has 0 heterocycles. The summed E-state index contributed by atoms with van der Waals surface area (Å²) in [5.74, 6) is 0. The highest BCUT2D eigenvalue weighted by Gasteiger charge is 2.29. The van der Waals surface area contributed by atoms with Crippen LogP contribution in [0.25, 0.3) is 0 Å². The van der Waals surface area contributed by atoms with Crippen molar-refractivity contribution in [1.82, 2.24) is 0 Å². The van der Waals surface area contributed by atoms with Crippen molar-refractivity contribution < 1.29 is 9.85 Å². The van der Waals surface area contributed by atoms with Crippen LogP contribution >= 0.6 is 0 Å². The van der Waals surface area contributed by atoms with E-state index >= 15 is 0 Å². The van der Waals surface area contributed by atoms with Gasteiger partial charge in [-0.3, -0.25) is 20.2 Å². The summed E-state index contributed by atoms with van der Waals surface area (Å²) >= 11 is 0. The summed E-state index contributed by atoms with van der Waals surface area (Å²) in [5, 5.41) is 21.8. The Labute approximate surface area is 110 Å². The van der Waals surface area contributed by atoms with E-state index in [1.165, 1.54) is 12.1 Å². The van der Waals surface area contributed by atoms with Gasteiger partial charge in [-0.05, 0) is 24.8 Å². The zero-order chi connectivity index (χ0) is 14.0. The Balaban J connectivity index is 2.56. The average Bonchev–Trinajstić information content (AvgIpc) is 2.39. The van der Waals surface area contributed by atoms with Gasteiger partial charge in [0.2, 0.25) is 0 Å². The van der Waals surface area contributed by atoms with Gasteiger partial charge >= 0.3 is 0 Å². The first kappa shape index (κ1) is 13.2. The third-order valence-electron chi connectivity index (χ3n) is 3.54. The van der Waals surface area contributed by atoms with Crippen LogP contribution in [-0.4, -0.2) is 9.85 Å². The van der Waals surface area contributed by atoms with Gasteiger partial charge in [0.15, 0.2) is 0 Å². The van der Waals surface area contributed by atoms with E-state index in [2.05, 4.69) is 0 Å². The quantitative estimate of drug-likeness (QED) is 0.474. The van der Waals surface area contributed by atoms with Gasteiger partial charge < -0.3 is 0 Å². The molecule has 1 aliphatic carbocycles. The molecular weight excluding hydrogens is 248 g/mol. The Morgan fingerprint density at radius 3 is 2.11 bits per heavy atom. The zero-order valence-corrected chi connectivity index (χ0v) is 10.5. The van der Waals surface area contributed by atoms with E-state index in [4.69, 9.17) is 0 Å². The fourth-order valence-electron chi connectivity index (χ4n) is 2.39. The molecule has 6 heteroatoms. The molecule has 0 amide bonds. The molecule has 0 aromatic heterocycles. The molecule has 0 fully saturated rings. The molecular formula is C13H14N2O4. The van der Waals surface area contributed by atoms with Crippen LogP contribution in [0.3, 0.4) is 0 Å². The largest absolute Gasteiger partial charge is 0.276 e. The Bertz CT molecular complexity index is 536. The molecule has 0 saturated heterocycles. The van der Waals surface area contributed by atoms with Crippen LogP contribution in [0.5, 0.6) is 0 Å². The van der Waals surface area contributed by atoms with Gasteiger partial charge in [-0.2, -0.15) is 0 Å². The molecule has 1 aliphatic rings. The van der Waals surface area contributed by atoms with E-state index in [1.54, 1.807) is 0 Å². The summed E-state index contributed by atoms with van der Waals surface area (Å²) in [5.41, 5.74) is -0.201. The van der Waals surface area contributed by atoms with E-state index in [1.807, 2.05) is 19.1 Å². The van der Waals surface area contributed by atoms with Crippen LogP contribution in [-0.2, 0) is 5.41 Å². The highest BCUT2D eigenvalue weighted by atomic mass is 16.6. The molecule has 0 saturated carbocycles. The number of allylic oxidation sites excluding steroid dienone is 2. The maximum atomic E-state index is 10.9. The number of nitro groups is 2. The van der Waals surface area contributed by atoms with Gasteiger partial charge in [0.1, 0.15) is 0 Å². The molecule has 2 rings (SSSR count). The van der Waals surface area contributed by atoms with Crippen LogP contribution < -0.4 is 0 Å². The van der Waals surface area contributed by atoms with Gasteiger partial charge in [0.05, 0.1) is 15.9 Å². The lowest BCUT2D eigenvalue weighted by molar-refractivity contribution is -0.394. The average molecular weight is 262 g/mol. The molecule has 1 aromatic carbocycles. The van der Waals surface area contributed by atoms with Crippen molar-refractivity contribution >= 4 is 11.4 Å². The van der Waals surface area contributed by atoms with Crippen molar-refractivity contribution in [2.45, 2.75) is 31.6 Å². The minimum Gasteiger partial charge on any atom is -0.258 e. The van der Waals surface area contributed by atoms with Gasteiger partial charge in [-0.25, -0.2) is 0 Å². The lowest BCUT2D eigenvalue weighted by atomic mass is 9.75. The molecule has 1 aromatic rings. The van der Waals surface area contributed by atoms with E-state index in [9.17, 15) is 20.2 Å². The maximum Gasteiger partial charge on any atom is 0.276 e. The Kier molecular flexibility index (Phi) is 3.33. The van der Waals surface area contributed by atoms with Crippen LogP contribution in [0.1, 0.15) is 31.7 Å². The van der Waals surface area contributed by atoms with Gasteiger partial charge in [-0.15, -0.1) is 0 Å². The van der Waals surface area contributed by atoms with Crippen molar-refractivity contribution in [1.29, 1.82) is 0 Å². The third kappa shape index (κ3) is 2.62. The first-order valence-corrected chi connectivity index (χ1v) is 6.04. The van der Waals surface area contributed by atoms with Crippen molar-refractivity contribution in [2.24, 2.45) is 0 Å². The molecule has 6 nitrogen and oxygen atoms in total. The lowest BCUT2D eigenvalue weighted by Crippen LogP contribution is -2.21. The van der Waals surface area contributed by atoms with E-state index in [0.717, 1.165) is 25.3 Å². The number of hydrogen-bond donors (Lipinski definition) is 0. The molecule has 1 atom stereocenters. The van der Waals surface area contributed by atoms with E-state index < -0.39 is 9.85 Å². The second-order valence-electron chi connectivity index (χ2n) is 4.96. The highest BCUT2D eigenvalue weighted by molar-refractivity contribution is 5.50. The lowest BCUT2D eigenvalue weighted by Gasteiger charge is -2.29. The number of non-ortho nitro benzene ring substituents is 2. The number of benzene rings is 1. The zero-order valence-electron chi connectivity index (χ0n) is 10.5. The van der Waals surface area contributed by atoms with Gasteiger partial charge in [0.25, 0.3) is 11.4 Å². The first-order valence-electron chi connectivity index (χ1n) is 6.04. The number of rotatable bonds is 3. The summed E-state index contributed by atoms with van der Waals surface area (Å²) in [4.78, 5) is 20.6. The molecule has 0 spiro atoms. The molecule has 0 radical (unpaired) electrons. The van der Waals surface area contributed by atoms with Crippen LogP contribution in [0, 0.1) is 20.2 Å². The number of nitrogens with zero attached hydrogens (tertiary/aromatic N) is 2. The maximum absolute atomic E-state index is 10.9. The summed E-state index contributed by atoms with van der Waals surface area (Å²) in [6, 6.07) is 3.87. The van der Waals surface area contributed by atoms with Crippen LogP contribution in [0.15, 0.2) is 30.4 Å². The molecule has 0 unspecified atom stereocenters. The predicted octanol–water partition coefficient (Wildman–Crippen LogP) is 3.50. The van der Waals surface area contributed by atoms with Crippen molar-refractivity contribution in [2.75, 3.05) is 0 Å². The predicted molar refractivity (Wildman–Crippen MR) is 70.1 cm³/mol. The van der Waals surface area contributed by atoms with Crippen LogP contribution in [0.4, 0.5) is 11.4 Å². The Hall–Kier alpha value is -2.24. The van der Waals surface area contributed by atoms with Crippen molar-refractivity contribution in [3.05, 3.63) is 56.1 Å². The minimum absolute atomic E-state index is 0.232. The van der Waals surface area contributed by atoms with Crippen LogP contribution in [0.2, 0.25) is 0 Å². The fourth-order valence-corrected chi connectivity index (χ4v) is 2.39.